The Morgan fingerprint density at radius 2 is 2.12 bits per heavy atom. The lowest BCUT2D eigenvalue weighted by molar-refractivity contribution is 0.235. The van der Waals surface area contributed by atoms with Crippen LogP contribution >= 0.6 is 22.9 Å². The number of benzene rings is 1. The molecule has 0 radical (unpaired) electrons. The largest absolute Gasteiger partial charge is 0.314 e. The van der Waals surface area contributed by atoms with Crippen molar-refractivity contribution in [2.45, 2.75) is 6.54 Å². The van der Waals surface area contributed by atoms with Crippen LogP contribution in [0.2, 0.25) is 5.02 Å². The second-order valence-corrected chi connectivity index (χ2v) is 5.97. The highest BCUT2D eigenvalue weighted by Gasteiger charge is 2.12. The standard InChI is InChI=1S/C13H15ClN2S/c14-12-2-1-3-13-11(12)8-10(17-13)9-16-6-4-15-5-7-16/h1-3,8,15H,4-7,9H2. The summed E-state index contributed by atoms with van der Waals surface area (Å²) in [6.45, 7) is 5.54. The molecule has 0 aliphatic carbocycles. The van der Waals surface area contributed by atoms with Crippen LogP contribution in [0, 0.1) is 0 Å². The molecule has 17 heavy (non-hydrogen) atoms. The molecule has 1 N–H and O–H groups in total. The molecule has 0 saturated carbocycles. The van der Waals surface area contributed by atoms with E-state index in [0.29, 0.717) is 0 Å². The van der Waals surface area contributed by atoms with Gasteiger partial charge >= 0.3 is 0 Å². The van der Waals surface area contributed by atoms with Crippen LogP contribution < -0.4 is 5.32 Å². The molecule has 2 nitrogen and oxygen atoms in total. The second-order valence-electron chi connectivity index (χ2n) is 4.39. The van der Waals surface area contributed by atoms with Gasteiger partial charge in [-0.3, -0.25) is 4.90 Å². The monoisotopic (exact) mass is 266 g/mol. The molecule has 2 aromatic rings. The number of rotatable bonds is 2. The fourth-order valence-corrected chi connectivity index (χ4v) is 3.66. The van der Waals surface area contributed by atoms with Gasteiger partial charge in [0.25, 0.3) is 0 Å². The minimum Gasteiger partial charge on any atom is -0.314 e. The van der Waals surface area contributed by atoms with E-state index in [2.05, 4.69) is 22.3 Å². The topological polar surface area (TPSA) is 15.3 Å². The Morgan fingerprint density at radius 3 is 2.88 bits per heavy atom. The van der Waals surface area contributed by atoms with Crippen molar-refractivity contribution in [1.82, 2.24) is 10.2 Å². The highest BCUT2D eigenvalue weighted by molar-refractivity contribution is 7.19. The molecular formula is C13H15ClN2S. The third-order valence-corrected chi connectivity index (χ3v) is 4.56. The molecule has 0 spiro atoms. The summed E-state index contributed by atoms with van der Waals surface area (Å²) < 4.78 is 1.29. The van der Waals surface area contributed by atoms with Crippen molar-refractivity contribution in [3.05, 3.63) is 34.2 Å². The third-order valence-electron chi connectivity index (χ3n) is 3.15. The zero-order valence-corrected chi connectivity index (χ0v) is 11.2. The molecule has 0 unspecified atom stereocenters. The molecule has 0 amide bonds. The van der Waals surface area contributed by atoms with E-state index in [1.165, 1.54) is 15.0 Å². The van der Waals surface area contributed by atoms with Crippen LogP contribution in [0.25, 0.3) is 10.1 Å². The second kappa shape index (κ2) is 4.94. The van der Waals surface area contributed by atoms with Crippen LogP contribution in [-0.4, -0.2) is 31.1 Å². The lowest BCUT2D eigenvalue weighted by Crippen LogP contribution is -2.42. The van der Waals surface area contributed by atoms with Gasteiger partial charge in [0.05, 0.1) is 0 Å². The number of hydrogen-bond acceptors (Lipinski definition) is 3. The number of nitrogens with one attached hydrogen (secondary N) is 1. The summed E-state index contributed by atoms with van der Waals surface area (Å²) >= 11 is 8.05. The number of fused-ring (bicyclic) bond motifs is 1. The normalized spacial score (nSPS) is 17.7. The van der Waals surface area contributed by atoms with Crippen molar-refractivity contribution in [3.63, 3.8) is 0 Å². The van der Waals surface area contributed by atoms with Crippen molar-refractivity contribution >= 4 is 33.0 Å². The Hall–Kier alpha value is -0.610. The number of nitrogens with zero attached hydrogens (tertiary/aromatic N) is 1. The Kier molecular flexibility index (Phi) is 3.34. The Morgan fingerprint density at radius 1 is 1.29 bits per heavy atom. The molecule has 3 rings (SSSR count). The van der Waals surface area contributed by atoms with Crippen molar-refractivity contribution in [3.8, 4) is 0 Å². The summed E-state index contributed by atoms with van der Waals surface area (Å²) in [5.41, 5.74) is 0. The van der Waals surface area contributed by atoms with Crippen LogP contribution in [0.3, 0.4) is 0 Å². The summed E-state index contributed by atoms with van der Waals surface area (Å²) in [7, 11) is 0. The minimum atomic E-state index is 0.866. The van der Waals surface area contributed by atoms with Gasteiger partial charge < -0.3 is 5.32 Å². The lowest BCUT2D eigenvalue weighted by atomic mass is 10.2. The maximum absolute atomic E-state index is 6.20. The molecule has 4 heteroatoms. The van der Waals surface area contributed by atoms with Gasteiger partial charge in [0.1, 0.15) is 0 Å². The first-order valence-corrected chi connectivity index (χ1v) is 7.12. The molecule has 2 heterocycles. The van der Waals surface area contributed by atoms with Crippen LogP contribution in [-0.2, 0) is 6.54 Å². The van der Waals surface area contributed by atoms with Gasteiger partial charge in [0, 0.05) is 52.7 Å². The minimum absolute atomic E-state index is 0.866. The molecular weight excluding hydrogens is 252 g/mol. The first kappa shape index (κ1) is 11.5. The smallest absolute Gasteiger partial charge is 0.0492 e. The first-order valence-electron chi connectivity index (χ1n) is 5.93. The van der Waals surface area contributed by atoms with Gasteiger partial charge in [-0.25, -0.2) is 0 Å². The van der Waals surface area contributed by atoms with Gasteiger partial charge in [0.2, 0.25) is 0 Å². The maximum Gasteiger partial charge on any atom is 0.0492 e. The van der Waals surface area contributed by atoms with Gasteiger partial charge in [0.15, 0.2) is 0 Å². The highest BCUT2D eigenvalue weighted by Crippen LogP contribution is 2.31. The van der Waals surface area contributed by atoms with Crippen molar-refractivity contribution < 1.29 is 0 Å². The number of hydrogen-bond donors (Lipinski definition) is 1. The molecule has 1 saturated heterocycles. The fourth-order valence-electron chi connectivity index (χ4n) is 2.25. The summed E-state index contributed by atoms with van der Waals surface area (Å²) in [5.74, 6) is 0. The molecule has 1 aliphatic heterocycles. The average molecular weight is 267 g/mol. The lowest BCUT2D eigenvalue weighted by Gasteiger charge is -2.26. The van der Waals surface area contributed by atoms with Crippen LogP contribution in [0.5, 0.6) is 0 Å². The van der Waals surface area contributed by atoms with Crippen LogP contribution in [0.15, 0.2) is 24.3 Å². The molecule has 1 aliphatic rings. The van der Waals surface area contributed by atoms with E-state index < -0.39 is 0 Å². The average Bonchev–Trinajstić information content (AvgIpc) is 2.74. The maximum atomic E-state index is 6.20. The predicted molar refractivity (Wildman–Crippen MR) is 75.0 cm³/mol. The number of thiophene rings is 1. The molecule has 90 valence electrons. The highest BCUT2D eigenvalue weighted by atomic mass is 35.5. The predicted octanol–water partition coefficient (Wildman–Crippen LogP) is 2.96. The molecule has 0 atom stereocenters. The Bertz CT molecular complexity index is 517. The van der Waals surface area contributed by atoms with Crippen molar-refractivity contribution in [2.75, 3.05) is 26.2 Å². The van der Waals surface area contributed by atoms with Crippen LogP contribution in [0.1, 0.15) is 4.88 Å². The molecule has 0 bridgehead atoms. The van der Waals surface area contributed by atoms with E-state index in [9.17, 15) is 0 Å². The Balaban J connectivity index is 1.83. The number of halogens is 1. The summed E-state index contributed by atoms with van der Waals surface area (Å²) in [6, 6.07) is 8.37. The van der Waals surface area contributed by atoms with Gasteiger partial charge in [-0.15, -0.1) is 11.3 Å². The van der Waals surface area contributed by atoms with E-state index in [1.807, 2.05) is 23.5 Å². The SMILES string of the molecule is Clc1cccc2sc(CN3CCNCC3)cc12. The van der Waals surface area contributed by atoms with E-state index in [-0.39, 0.29) is 0 Å². The van der Waals surface area contributed by atoms with E-state index in [0.717, 1.165) is 37.7 Å². The van der Waals surface area contributed by atoms with Crippen LogP contribution in [0.4, 0.5) is 0 Å². The summed E-state index contributed by atoms with van der Waals surface area (Å²) in [6.07, 6.45) is 0. The van der Waals surface area contributed by atoms with Gasteiger partial charge in [-0.1, -0.05) is 17.7 Å². The van der Waals surface area contributed by atoms with E-state index >= 15 is 0 Å². The zero-order chi connectivity index (χ0) is 11.7. The summed E-state index contributed by atoms with van der Waals surface area (Å²) in [4.78, 5) is 3.91. The zero-order valence-electron chi connectivity index (χ0n) is 9.58. The third kappa shape index (κ3) is 2.47. The molecule has 1 aromatic heterocycles. The fraction of sp³-hybridized carbons (Fsp3) is 0.385. The first-order chi connectivity index (χ1) is 8.33. The molecule has 1 aromatic carbocycles. The van der Waals surface area contributed by atoms with Gasteiger partial charge in [-0.2, -0.15) is 0 Å². The van der Waals surface area contributed by atoms with Crippen molar-refractivity contribution in [2.24, 2.45) is 0 Å². The summed E-state index contributed by atoms with van der Waals surface area (Å²) in [5, 5.41) is 5.44. The van der Waals surface area contributed by atoms with E-state index in [4.69, 9.17) is 11.6 Å². The van der Waals surface area contributed by atoms with Crippen molar-refractivity contribution in [1.29, 1.82) is 0 Å². The van der Waals surface area contributed by atoms with E-state index in [1.54, 1.807) is 0 Å². The number of piperazine rings is 1. The van der Waals surface area contributed by atoms with Gasteiger partial charge in [-0.05, 0) is 18.2 Å². The molecule has 1 fully saturated rings. The Labute approximate surface area is 110 Å². The quantitative estimate of drug-likeness (QED) is 0.899.